The van der Waals surface area contributed by atoms with Crippen molar-refractivity contribution in [3.8, 4) is 0 Å². The fourth-order valence-corrected chi connectivity index (χ4v) is 2.47. The van der Waals surface area contributed by atoms with Crippen molar-refractivity contribution in [3.63, 3.8) is 0 Å². The highest BCUT2D eigenvalue weighted by Crippen LogP contribution is 2.25. The molecule has 1 aromatic rings. The quantitative estimate of drug-likeness (QED) is 0.768. The molecule has 2 N–H and O–H groups in total. The van der Waals surface area contributed by atoms with Gasteiger partial charge in [-0.3, -0.25) is 4.79 Å². The molecule has 1 atom stereocenters. The van der Waals surface area contributed by atoms with Crippen LogP contribution in [-0.4, -0.2) is 12.0 Å². The minimum absolute atomic E-state index is 0.215. The number of benzene rings is 1. The Balaban J connectivity index is 2.47. The molecule has 0 fully saturated rings. The van der Waals surface area contributed by atoms with Crippen molar-refractivity contribution in [1.29, 1.82) is 0 Å². The summed E-state index contributed by atoms with van der Waals surface area (Å²) in [7, 11) is 0. The van der Waals surface area contributed by atoms with Gasteiger partial charge in [0.25, 0.3) is 5.91 Å². The van der Waals surface area contributed by atoms with Gasteiger partial charge in [-0.05, 0) is 23.8 Å². The Morgan fingerprint density at radius 2 is 2.00 bits per heavy atom. The molecule has 1 aromatic carbocycles. The summed E-state index contributed by atoms with van der Waals surface area (Å²) in [4.78, 5) is 11.5. The van der Waals surface area contributed by atoms with Gasteiger partial charge in [0.15, 0.2) is 5.76 Å². The number of rotatable bonds is 1. The van der Waals surface area contributed by atoms with E-state index in [1.54, 1.807) is 0 Å². The van der Waals surface area contributed by atoms with E-state index in [-0.39, 0.29) is 11.9 Å². The normalized spacial score (nSPS) is 20.7. The van der Waals surface area contributed by atoms with Crippen LogP contribution in [0.3, 0.4) is 0 Å². The monoisotopic (exact) mass is 239 g/mol. The van der Waals surface area contributed by atoms with Crippen LogP contribution < -0.4 is 16.2 Å². The first-order chi connectivity index (χ1) is 8.68. The Morgan fingerprint density at radius 1 is 1.28 bits per heavy atom. The van der Waals surface area contributed by atoms with Crippen molar-refractivity contribution < 1.29 is 9.53 Å². The van der Waals surface area contributed by atoms with Crippen LogP contribution in [-0.2, 0) is 9.53 Å². The van der Waals surface area contributed by atoms with Crippen molar-refractivity contribution in [2.75, 3.05) is 0 Å². The maximum absolute atomic E-state index is 11.5. The number of hydrogen-bond donors (Lipinski definition) is 1. The number of allylic oxidation sites excluding steroid dienone is 2. The van der Waals surface area contributed by atoms with Gasteiger partial charge in [0.1, 0.15) is 6.10 Å². The number of ether oxygens (including phenoxy) is 1. The molecule has 0 saturated carbocycles. The summed E-state index contributed by atoms with van der Waals surface area (Å²) >= 11 is 0. The fourth-order valence-electron chi connectivity index (χ4n) is 2.47. The van der Waals surface area contributed by atoms with Gasteiger partial charge in [-0.1, -0.05) is 36.4 Å². The lowest BCUT2D eigenvalue weighted by atomic mass is 9.92. The number of amides is 1. The van der Waals surface area contributed by atoms with E-state index >= 15 is 0 Å². The molecule has 2 aliphatic rings. The lowest BCUT2D eigenvalue weighted by Crippen LogP contribution is -2.42. The summed E-state index contributed by atoms with van der Waals surface area (Å²) in [5.74, 6) is -0.277. The fraction of sp³-hybridized carbons (Fsp3) is 0.133. The Labute approximate surface area is 105 Å². The maximum atomic E-state index is 11.5. The first-order valence-electron chi connectivity index (χ1n) is 5.84. The molecular weight excluding hydrogens is 226 g/mol. The minimum Gasteiger partial charge on any atom is -0.475 e. The van der Waals surface area contributed by atoms with Crippen molar-refractivity contribution in [1.82, 2.24) is 0 Å². The van der Waals surface area contributed by atoms with Gasteiger partial charge in [0.2, 0.25) is 0 Å². The highest BCUT2D eigenvalue weighted by molar-refractivity contribution is 6.10. The van der Waals surface area contributed by atoms with Crippen LogP contribution in [0.1, 0.15) is 6.92 Å². The number of carbonyl (C=O) groups excluding carboxylic acids is 1. The molecule has 0 spiro atoms. The van der Waals surface area contributed by atoms with Crippen LogP contribution >= 0.6 is 0 Å². The molecule has 3 heteroatoms. The van der Waals surface area contributed by atoms with E-state index in [1.807, 2.05) is 49.4 Å². The lowest BCUT2D eigenvalue weighted by Gasteiger charge is -2.26. The highest BCUT2D eigenvalue weighted by atomic mass is 16.5. The largest absolute Gasteiger partial charge is 0.475 e. The summed E-state index contributed by atoms with van der Waals surface area (Å²) in [6.07, 6.45) is 5.70. The molecule has 3 rings (SSSR count). The average Bonchev–Trinajstić information content (AvgIpc) is 2.37. The second-order valence-electron chi connectivity index (χ2n) is 4.43. The third-order valence-corrected chi connectivity index (χ3v) is 3.27. The molecule has 1 aliphatic heterocycles. The lowest BCUT2D eigenvalue weighted by molar-refractivity contribution is -0.115. The zero-order valence-corrected chi connectivity index (χ0v) is 10.0. The van der Waals surface area contributed by atoms with Crippen molar-refractivity contribution in [2.24, 2.45) is 5.73 Å². The maximum Gasteiger partial charge on any atom is 0.284 e. The van der Waals surface area contributed by atoms with Crippen molar-refractivity contribution >= 4 is 17.2 Å². The molecule has 1 aliphatic carbocycles. The SMILES string of the molecule is CC1=CC=CC2OC(C(N)=O)=c3ccccc3=C12. The van der Waals surface area contributed by atoms with Gasteiger partial charge < -0.3 is 10.5 Å². The smallest absolute Gasteiger partial charge is 0.284 e. The second-order valence-corrected chi connectivity index (χ2v) is 4.43. The standard InChI is InChI=1S/C15H13NO2/c1-9-5-4-8-12-13(9)10-6-2-3-7-11(10)14(18-12)15(16)17/h2-8,12H,1H3,(H2,16,17). The zero-order chi connectivity index (χ0) is 12.7. The van der Waals surface area contributed by atoms with E-state index < -0.39 is 5.91 Å². The van der Waals surface area contributed by atoms with Crippen LogP contribution in [0.2, 0.25) is 0 Å². The topological polar surface area (TPSA) is 52.3 Å². The predicted molar refractivity (Wildman–Crippen MR) is 69.5 cm³/mol. The van der Waals surface area contributed by atoms with Crippen LogP contribution in [0.4, 0.5) is 0 Å². The number of fused-ring (bicyclic) bond motifs is 2. The summed E-state index contributed by atoms with van der Waals surface area (Å²) in [6, 6.07) is 7.70. The molecule has 90 valence electrons. The number of carbonyl (C=O) groups is 1. The first-order valence-corrected chi connectivity index (χ1v) is 5.84. The van der Waals surface area contributed by atoms with Gasteiger partial charge in [-0.2, -0.15) is 0 Å². The molecule has 0 aromatic heterocycles. The molecule has 18 heavy (non-hydrogen) atoms. The van der Waals surface area contributed by atoms with Crippen LogP contribution in [0, 0.1) is 0 Å². The Hall–Kier alpha value is -2.29. The number of primary amides is 1. The van der Waals surface area contributed by atoms with E-state index in [1.165, 1.54) is 0 Å². The van der Waals surface area contributed by atoms with E-state index in [0.717, 1.165) is 21.6 Å². The van der Waals surface area contributed by atoms with Crippen molar-refractivity contribution in [3.05, 3.63) is 58.5 Å². The Bertz CT molecular complexity index is 710. The van der Waals surface area contributed by atoms with Gasteiger partial charge in [0, 0.05) is 10.8 Å². The average molecular weight is 239 g/mol. The zero-order valence-electron chi connectivity index (χ0n) is 10.0. The summed E-state index contributed by atoms with van der Waals surface area (Å²) in [5, 5.41) is 1.81. The van der Waals surface area contributed by atoms with Crippen LogP contribution in [0.25, 0.3) is 11.3 Å². The van der Waals surface area contributed by atoms with Crippen LogP contribution in [0.5, 0.6) is 0 Å². The summed E-state index contributed by atoms with van der Waals surface area (Å²) in [5.41, 5.74) is 7.65. The first kappa shape index (κ1) is 10.8. The summed E-state index contributed by atoms with van der Waals surface area (Å²) in [6.45, 7) is 2.04. The minimum atomic E-state index is -0.526. The van der Waals surface area contributed by atoms with E-state index in [9.17, 15) is 4.79 Å². The third kappa shape index (κ3) is 1.48. The predicted octanol–water partition coefficient (Wildman–Crippen LogP) is 0.346. The van der Waals surface area contributed by atoms with E-state index in [2.05, 4.69) is 0 Å². The molecule has 0 bridgehead atoms. The van der Waals surface area contributed by atoms with Gasteiger partial charge in [-0.15, -0.1) is 0 Å². The molecule has 1 unspecified atom stereocenters. The number of hydrogen-bond acceptors (Lipinski definition) is 2. The highest BCUT2D eigenvalue weighted by Gasteiger charge is 2.25. The van der Waals surface area contributed by atoms with Crippen LogP contribution in [0.15, 0.2) is 48.1 Å². The second kappa shape index (κ2) is 3.88. The van der Waals surface area contributed by atoms with Crippen molar-refractivity contribution in [2.45, 2.75) is 13.0 Å². The third-order valence-electron chi connectivity index (χ3n) is 3.27. The van der Waals surface area contributed by atoms with E-state index in [0.29, 0.717) is 0 Å². The van der Waals surface area contributed by atoms with Gasteiger partial charge >= 0.3 is 0 Å². The molecule has 1 heterocycles. The molecule has 0 radical (unpaired) electrons. The molecule has 1 amide bonds. The molecular formula is C15H13NO2. The molecule has 3 nitrogen and oxygen atoms in total. The van der Waals surface area contributed by atoms with Gasteiger partial charge in [-0.25, -0.2) is 0 Å². The van der Waals surface area contributed by atoms with Gasteiger partial charge in [0.05, 0.1) is 0 Å². The number of nitrogens with two attached hydrogens (primary N) is 1. The molecule has 0 saturated heterocycles. The Morgan fingerprint density at radius 3 is 2.72 bits per heavy atom. The van der Waals surface area contributed by atoms with E-state index in [4.69, 9.17) is 10.5 Å². The Kier molecular flexibility index (Phi) is 2.33. The summed E-state index contributed by atoms with van der Waals surface area (Å²) < 4.78 is 5.73.